The Morgan fingerprint density at radius 1 is 0.941 bits per heavy atom. The Morgan fingerprint density at radius 2 is 1.65 bits per heavy atom. The van der Waals surface area contributed by atoms with Gasteiger partial charge in [-0.05, 0) is 12.8 Å². The molecule has 17 heavy (non-hydrogen) atoms. The summed E-state index contributed by atoms with van der Waals surface area (Å²) < 4.78 is 0. The normalized spacial score (nSPS) is 9.71. The van der Waals surface area contributed by atoms with E-state index in [1.165, 1.54) is 0 Å². The van der Waals surface area contributed by atoms with Gasteiger partial charge in [0.1, 0.15) is 0 Å². The van der Waals surface area contributed by atoms with Gasteiger partial charge in [0.25, 0.3) is 0 Å². The van der Waals surface area contributed by atoms with Gasteiger partial charge in [-0.3, -0.25) is 14.4 Å². The third kappa shape index (κ3) is 10.7. The van der Waals surface area contributed by atoms with Gasteiger partial charge in [0.15, 0.2) is 0 Å². The molecule has 0 aromatic rings. The van der Waals surface area contributed by atoms with Crippen LogP contribution in [-0.4, -0.2) is 36.5 Å². The van der Waals surface area contributed by atoms with Crippen LogP contribution in [0.3, 0.4) is 0 Å². The first kappa shape index (κ1) is 15.4. The lowest BCUT2D eigenvalue weighted by Gasteiger charge is -2.04. The van der Waals surface area contributed by atoms with Gasteiger partial charge < -0.3 is 15.7 Å². The van der Waals surface area contributed by atoms with Gasteiger partial charge in [-0.15, -0.1) is 0 Å². The molecule has 0 aromatic heterocycles. The lowest BCUT2D eigenvalue weighted by Crippen LogP contribution is -2.24. The minimum absolute atomic E-state index is 0.0214. The number of carboxylic acids is 1. The number of carbonyl (C=O) groups is 3. The maximum absolute atomic E-state index is 11.1. The molecule has 0 aliphatic rings. The predicted molar refractivity (Wildman–Crippen MR) is 62.4 cm³/mol. The number of amides is 2. The number of carboxylic acid groups (broad SMARTS) is 1. The van der Waals surface area contributed by atoms with E-state index >= 15 is 0 Å². The topological polar surface area (TPSA) is 95.5 Å². The van der Waals surface area contributed by atoms with Gasteiger partial charge in [-0.2, -0.15) is 0 Å². The van der Waals surface area contributed by atoms with E-state index in [9.17, 15) is 14.4 Å². The Morgan fingerprint density at radius 3 is 2.24 bits per heavy atom. The van der Waals surface area contributed by atoms with Crippen LogP contribution in [-0.2, 0) is 14.4 Å². The Hall–Kier alpha value is -1.59. The number of unbranched alkanes of at least 4 members (excludes halogenated alkanes) is 2. The van der Waals surface area contributed by atoms with Crippen molar-refractivity contribution in [2.45, 2.75) is 38.5 Å². The molecule has 0 aliphatic heterocycles. The SMILES string of the molecule is CNC(=O)CCCCCNC(=O)CCC(=O)O. The summed E-state index contributed by atoms with van der Waals surface area (Å²) in [4.78, 5) is 32.2. The first-order valence-electron chi connectivity index (χ1n) is 5.75. The molecular formula is C11H20N2O4. The fourth-order valence-corrected chi connectivity index (χ4v) is 1.25. The van der Waals surface area contributed by atoms with E-state index in [1.807, 2.05) is 0 Å². The molecule has 0 fully saturated rings. The summed E-state index contributed by atoms with van der Waals surface area (Å²) in [5.74, 6) is -1.18. The van der Waals surface area contributed by atoms with Gasteiger partial charge in [0.2, 0.25) is 11.8 Å². The molecular weight excluding hydrogens is 224 g/mol. The molecule has 0 atom stereocenters. The Kier molecular flexibility index (Phi) is 8.72. The van der Waals surface area contributed by atoms with E-state index in [4.69, 9.17) is 5.11 Å². The molecule has 2 amide bonds. The van der Waals surface area contributed by atoms with Gasteiger partial charge in [0, 0.05) is 26.4 Å². The van der Waals surface area contributed by atoms with Crippen LogP contribution in [0.1, 0.15) is 38.5 Å². The number of hydrogen-bond donors (Lipinski definition) is 3. The van der Waals surface area contributed by atoms with Crippen molar-refractivity contribution in [3.8, 4) is 0 Å². The lowest BCUT2D eigenvalue weighted by molar-refractivity contribution is -0.138. The summed E-state index contributed by atoms with van der Waals surface area (Å²) in [7, 11) is 1.60. The van der Waals surface area contributed by atoms with Crippen molar-refractivity contribution in [3.63, 3.8) is 0 Å². The highest BCUT2D eigenvalue weighted by atomic mass is 16.4. The van der Waals surface area contributed by atoms with Crippen LogP contribution in [0.4, 0.5) is 0 Å². The second-order valence-corrected chi connectivity index (χ2v) is 3.73. The molecule has 0 saturated carbocycles. The monoisotopic (exact) mass is 244 g/mol. The van der Waals surface area contributed by atoms with Crippen molar-refractivity contribution in [3.05, 3.63) is 0 Å². The van der Waals surface area contributed by atoms with Crippen LogP contribution < -0.4 is 10.6 Å². The van der Waals surface area contributed by atoms with Crippen LogP contribution in [0.25, 0.3) is 0 Å². The number of hydrogen-bond acceptors (Lipinski definition) is 3. The molecule has 6 nitrogen and oxygen atoms in total. The van der Waals surface area contributed by atoms with Crippen molar-refractivity contribution < 1.29 is 19.5 Å². The highest BCUT2D eigenvalue weighted by Gasteiger charge is 2.04. The molecule has 0 unspecified atom stereocenters. The third-order valence-corrected chi connectivity index (χ3v) is 2.25. The van der Waals surface area contributed by atoms with Gasteiger partial charge >= 0.3 is 5.97 Å². The Balaban J connectivity index is 3.30. The lowest BCUT2D eigenvalue weighted by atomic mass is 10.2. The summed E-state index contributed by atoms with van der Waals surface area (Å²) in [5, 5.41) is 13.5. The third-order valence-electron chi connectivity index (χ3n) is 2.25. The van der Waals surface area contributed by atoms with Crippen molar-refractivity contribution in [2.24, 2.45) is 0 Å². The highest BCUT2D eigenvalue weighted by Crippen LogP contribution is 1.98. The first-order valence-corrected chi connectivity index (χ1v) is 5.75. The maximum Gasteiger partial charge on any atom is 0.303 e. The maximum atomic E-state index is 11.1. The number of aliphatic carboxylic acids is 1. The zero-order valence-corrected chi connectivity index (χ0v) is 10.1. The number of carbonyl (C=O) groups excluding carboxylic acids is 2. The molecule has 0 radical (unpaired) electrons. The molecule has 0 bridgehead atoms. The van der Waals surface area contributed by atoms with E-state index < -0.39 is 5.97 Å². The summed E-state index contributed by atoms with van der Waals surface area (Å²) in [6, 6.07) is 0. The first-order chi connectivity index (χ1) is 8.06. The highest BCUT2D eigenvalue weighted by molar-refractivity contribution is 5.80. The van der Waals surface area contributed by atoms with Crippen molar-refractivity contribution >= 4 is 17.8 Å². The molecule has 0 aromatic carbocycles. The van der Waals surface area contributed by atoms with E-state index in [-0.39, 0.29) is 24.7 Å². The van der Waals surface area contributed by atoms with E-state index in [0.29, 0.717) is 13.0 Å². The average molecular weight is 244 g/mol. The van der Waals surface area contributed by atoms with Crippen LogP contribution in [0, 0.1) is 0 Å². The van der Waals surface area contributed by atoms with Crippen LogP contribution in [0.15, 0.2) is 0 Å². The predicted octanol–water partition coefficient (Wildman–Crippen LogP) is 0.274. The Bertz CT molecular complexity index is 266. The van der Waals surface area contributed by atoms with Gasteiger partial charge in [0.05, 0.1) is 6.42 Å². The minimum atomic E-state index is -0.967. The molecule has 98 valence electrons. The zero-order chi connectivity index (χ0) is 13.1. The quantitative estimate of drug-likeness (QED) is 0.507. The summed E-state index contributed by atoms with van der Waals surface area (Å²) in [5.41, 5.74) is 0. The number of rotatable bonds is 9. The molecule has 6 heteroatoms. The van der Waals surface area contributed by atoms with Gasteiger partial charge in [-0.1, -0.05) is 6.42 Å². The Labute approximate surface area is 101 Å². The average Bonchev–Trinajstić information content (AvgIpc) is 2.30. The second-order valence-electron chi connectivity index (χ2n) is 3.73. The van der Waals surface area contributed by atoms with E-state index in [0.717, 1.165) is 19.3 Å². The summed E-state index contributed by atoms with van der Waals surface area (Å²) >= 11 is 0. The van der Waals surface area contributed by atoms with Crippen molar-refractivity contribution in [1.29, 1.82) is 0 Å². The largest absolute Gasteiger partial charge is 0.481 e. The molecule has 0 aliphatic carbocycles. The molecule has 3 N–H and O–H groups in total. The smallest absolute Gasteiger partial charge is 0.303 e. The number of nitrogens with one attached hydrogen (secondary N) is 2. The second kappa shape index (κ2) is 9.62. The van der Waals surface area contributed by atoms with Gasteiger partial charge in [-0.25, -0.2) is 0 Å². The molecule has 0 heterocycles. The molecule has 0 saturated heterocycles. The van der Waals surface area contributed by atoms with Crippen LogP contribution in [0.2, 0.25) is 0 Å². The van der Waals surface area contributed by atoms with Crippen LogP contribution in [0.5, 0.6) is 0 Å². The standard InChI is InChI=1S/C11H20N2O4/c1-12-9(14)5-3-2-4-8-13-10(15)6-7-11(16)17/h2-8H2,1H3,(H,12,14)(H,13,15)(H,16,17). The summed E-state index contributed by atoms with van der Waals surface area (Å²) in [6.45, 7) is 0.534. The fraction of sp³-hybridized carbons (Fsp3) is 0.727. The van der Waals surface area contributed by atoms with Crippen LogP contribution >= 0.6 is 0 Å². The zero-order valence-electron chi connectivity index (χ0n) is 10.1. The van der Waals surface area contributed by atoms with E-state index in [2.05, 4.69) is 10.6 Å². The van der Waals surface area contributed by atoms with Crippen molar-refractivity contribution in [2.75, 3.05) is 13.6 Å². The minimum Gasteiger partial charge on any atom is -0.481 e. The molecule has 0 spiro atoms. The fourth-order valence-electron chi connectivity index (χ4n) is 1.25. The van der Waals surface area contributed by atoms with E-state index in [1.54, 1.807) is 7.05 Å². The molecule has 0 rings (SSSR count). The summed E-state index contributed by atoms with van der Waals surface area (Å²) in [6.07, 6.45) is 2.85. The van der Waals surface area contributed by atoms with Crippen molar-refractivity contribution in [1.82, 2.24) is 10.6 Å².